The summed E-state index contributed by atoms with van der Waals surface area (Å²) in [4.78, 5) is 12.8. The second-order valence-corrected chi connectivity index (χ2v) is 7.20. The first-order valence-corrected chi connectivity index (χ1v) is 9.58. The highest BCUT2D eigenvalue weighted by atomic mass is 35.5. The molecule has 3 rings (SSSR count). The lowest BCUT2D eigenvalue weighted by Gasteiger charge is -2.13. The van der Waals surface area contributed by atoms with Crippen LogP contribution in [0, 0.1) is 11.3 Å². The van der Waals surface area contributed by atoms with Crippen molar-refractivity contribution in [2.45, 2.75) is 26.3 Å². The second-order valence-electron chi connectivity index (χ2n) is 6.77. The molecule has 0 aliphatic heterocycles. The zero-order valence-electron chi connectivity index (χ0n) is 16.2. The third kappa shape index (κ3) is 4.95. The van der Waals surface area contributed by atoms with Crippen LogP contribution in [0.25, 0.3) is 5.69 Å². The van der Waals surface area contributed by atoms with E-state index in [4.69, 9.17) is 21.6 Å². The van der Waals surface area contributed by atoms with Crippen molar-refractivity contribution in [3.8, 4) is 17.5 Å². The average molecular weight is 409 g/mol. The van der Waals surface area contributed by atoms with Gasteiger partial charge in [0.25, 0.3) is 5.91 Å². The van der Waals surface area contributed by atoms with Crippen LogP contribution in [0.3, 0.4) is 0 Å². The van der Waals surface area contributed by atoms with Crippen molar-refractivity contribution in [1.82, 2.24) is 15.1 Å². The van der Waals surface area contributed by atoms with Gasteiger partial charge in [-0.2, -0.15) is 10.4 Å². The highest BCUT2D eigenvalue weighted by Crippen LogP contribution is 2.24. The van der Waals surface area contributed by atoms with E-state index in [-0.39, 0.29) is 18.4 Å². The Hall–Kier alpha value is -3.30. The van der Waals surface area contributed by atoms with Gasteiger partial charge in [-0.05, 0) is 41.8 Å². The van der Waals surface area contributed by atoms with E-state index >= 15 is 0 Å². The Kier molecular flexibility index (Phi) is 6.53. The summed E-state index contributed by atoms with van der Waals surface area (Å²) in [7, 11) is 0. The number of carbonyl (C=O) groups is 1. The van der Waals surface area contributed by atoms with E-state index in [2.05, 4.69) is 10.4 Å². The molecule has 29 heavy (non-hydrogen) atoms. The molecule has 0 unspecified atom stereocenters. The van der Waals surface area contributed by atoms with E-state index in [1.807, 2.05) is 50.2 Å². The number of hydrogen-bond donors (Lipinski definition) is 1. The van der Waals surface area contributed by atoms with Crippen LogP contribution in [-0.2, 0) is 6.54 Å². The predicted molar refractivity (Wildman–Crippen MR) is 111 cm³/mol. The van der Waals surface area contributed by atoms with Gasteiger partial charge in [0.2, 0.25) is 0 Å². The number of ether oxygens (including phenoxy) is 1. The largest absolute Gasteiger partial charge is 0.479 e. The summed E-state index contributed by atoms with van der Waals surface area (Å²) in [5, 5.41) is 16.6. The van der Waals surface area contributed by atoms with Crippen molar-refractivity contribution in [2.24, 2.45) is 0 Å². The number of nitriles is 1. The van der Waals surface area contributed by atoms with Crippen molar-refractivity contribution < 1.29 is 9.53 Å². The predicted octanol–water partition coefficient (Wildman–Crippen LogP) is 4.48. The van der Waals surface area contributed by atoms with Crippen LogP contribution in [0.1, 0.15) is 41.4 Å². The van der Waals surface area contributed by atoms with Crippen LogP contribution >= 0.6 is 11.6 Å². The number of nitrogens with one attached hydrogen (secondary N) is 1. The molecule has 0 saturated heterocycles. The van der Waals surface area contributed by atoms with Crippen molar-refractivity contribution in [3.63, 3.8) is 0 Å². The average Bonchev–Trinajstić information content (AvgIpc) is 3.16. The summed E-state index contributed by atoms with van der Waals surface area (Å²) in [5.41, 5.74) is 3.03. The lowest BCUT2D eigenvalue weighted by atomic mass is 10.0. The van der Waals surface area contributed by atoms with Crippen LogP contribution in [0.5, 0.6) is 5.75 Å². The molecule has 1 aromatic heterocycles. The van der Waals surface area contributed by atoms with E-state index in [0.29, 0.717) is 22.9 Å². The maximum absolute atomic E-state index is 12.8. The molecule has 0 radical (unpaired) electrons. The van der Waals surface area contributed by atoms with Gasteiger partial charge in [-0.15, -0.1) is 0 Å². The summed E-state index contributed by atoms with van der Waals surface area (Å²) in [6, 6.07) is 16.6. The van der Waals surface area contributed by atoms with E-state index in [1.165, 1.54) is 0 Å². The fourth-order valence-corrected chi connectivity index (χ4v) is 3.22. The molecular formula is C22H21ClN4O2. The maximum atomic E-state index is 12.8. The number of aromatic nitrogens is 2. The molecule has 0 fully saturated rings. The molecule has 1 N–H and O–H groups in total. The number of nitrogens with zero attached hydrogens (tertiary/aromatic N) is 3. The molecule has 1 amide bonds. The molecule has 0 aliphatic carbocycles. The molecule has 0 bridgehead atoms. The molecule has 6 nitrogen and oxygen atoms in total. The second kappa shape index (κ2) is 9.26. The Morgan fingerprint density at radius 1 is 1.28 bits per heavy atom. The molecule has 7 heteroatoms. The minimum Gasteiger partial charge on any atom is -0.479 e. The Bertz CT molecular complexity index is 1050. The minimum absolute atomic E-state index is 0.0176. The van der Waals surface area contributed by atoms with Crippen molar-refractivity contribution in [1.29, 1.82) is 5.26 Å². The molecule has 0 saturated carbocycles. The molecule has 0 spiro atoms. The molecule has 1 heterocycles. The zero-order valence-corrected chi connectivity index (χ0v) is 17.0. The van der Waals surface area contributed by atoms with Gasteiger partial charge in [0.1, 0.15) is 11.8 Å². The third-order valence-electron chi connectivity index (χ3n) is 4.31. The van der Waals surface area contributed by atoms with Gasteiger partial charge in [0, 0.05) is 11.6 Å². The number of rotatable bonds is 7. The van der Waals surface area contributed by atoms with Crippen molar-refractivity contribution in [2.75, 3.05) is 6.61 Å². The first-order chi connectivity index (χ1) is 14.0. The SMILES string of the molecule is CC(C)c1c(C(=O)NCc2cccc(OCC#N)c2)cnn1-c1cccc(Cl)c1. The Morgan fingerprint density at radius 2 is 2.07 bits per heavy atom. The summed E-state index contributed by atoms with van der Waals surface area (Å²) in [5.74, 6) is 0.472. The number of carbonyl (C=O) groups excluding carboxylic acids is 1. The quantitative estimate of drug-likeness (QED) is 0.625. The van der Waals surface area contributed by atoms with Gasteiger partial charge in [0.15, 0.2) is 6.61 Å². The Morgan fingerprint density at radius 3 is 2.79 bits per heavy atom. The van der Waals surface area contributed by atoms with E-state index in [1.54, 1.807) is 29.1 Å². The number of hydrogen-bond acceptors (Lipinski definition) is 4. The van der Waals surface area contributed by atoms with Crippen LogP contribution in [0.4, 0.5) is 0 Å². The maximum Gasteiger partial charge on any atom is 0.255 e. The zero-order chi connectivity index (χ0) is 20.8. The Labute approximate surface area is 174 Å². The van der Waals surface area contributed by atoms with Crippen LogP contribution in [-0.4, -0.2) is 22.3 Å². The first kappa shape index (κ1) is 20.4. The standard InChI is InChI=1S/C22H21ClN4O2/c1-15(2)21-20(14-26-27(21)18-7-4-6-17(23)12-18)22(28)25-13-16-5-3-8-19(11-16)29-10-9-24/h3-8,11-12,14-15H,10,13H2,1-2H3,(H,25,28). The molecule has 3 aromatic rings. The number of benzene rings is 2. The van der Waals surface area contributed by atoms with Crippen LogP contribution < -0.4 is 10.1 Å². The van der Waals surface area contributed by atoms with Gasteiger partial charge >= 0.3 is 0 Å². The van der Waals surface area contributed by atoms with Crippen LogP contribution in [0.2, 0.25) is 5.02 Å². The summed E-state index contributed by atoms with van der Waals surface area (Å²) >= 11 is 6.11. The third-order valence-corrected chi connectivity index (χ3v) is 4.54. The highest BCUT2D eigenvalue weighted by molar-refractivity contribution is 6.30. The van der Waals surface area contributed by atoms with Crippen LogP contribution in [0.15, 0.2) is 54.7 Å². The smallest absolute Gasteiger partial charge is 0.255 e. The summed E-state index contributed by atoms with van der Waals surface area (Å²) < 4.78 is 7.05. The van der Waals surface area contributed by atoms with E-state index < -0.39 is 0 Å². The van der Waals surface area contributed by atoms with Crippen molar-refractivity contribution >= 4 is 17.5 Å². The molecule has 148 valence electrons. The molecule has 0 aliphatic rings. The van der Waals surface area contributed by atoms with Gasteiger partial charge < -0.3 is 10.1 Å². The van der Waals surface area contributed by atoms with Crippen molar-refractivity contribution in [3.05, 3.63) is 76.6 Å². The summed E-state index contributed by atoms with van der Waals surface area (Å²) in [6.07, 6.45) is 1.58. The summed E-state index contributed by atoms with van der Waals surface area (Å²) in [6.45, 7) is 4.36. The first-order valence-electron chi connectivity index (χ1n) is 9.20. The Balaban J connectivity index is 1.79. The van der Waals surface area contributed by atoms with E-state index in [0.717, 1.165) is 16.9 Å². The minimum atomic E-state index is -0.203. The van der Waals surface area contributed by atoms with Gasteiger partial charge in [-0.3, -0.25) is 4.79 Å². The van der Waals surface area contributed by atoms with Gasteiger partial charge in [-0.25, -0.2) is 4.68 Å². The normalized spacial score (nSPS) is 10.6. The molecular weight excluding hydrogens is 388 g/mol. The highest BCUT2D eigenvalue weighted by Gasteiger charge is 2.21. The number of amides is 1. The van der Waals surface area contributed by atoms with E-state index in [9.17, 15) is 4.79 Å². The molecule has 2 aromatic carbocycles. The monoisotopic (exact) mass is 408 g/mol. The lowest BCUT2D eigenvalue weighted by molar-refractivity contribution is 0.0949. The fraction of sp³-hybridized carbons (Fsp3) is 0.227. The van der Waals surface area contributed by atoms with Gasteiger partial charge in [-0.1, -0.05) is 43.6 Å². The lowest BCUT2D eigenvalue weighted by Crippen LogP contribution is -2.24. The molecule has 0 atom stereocenters. The fourth-order valence-electron chi connectivity index (χ4n) is 3.04. The number of halogens is 1. The van der Waals surface area contributed by atoms with Gasteiger partial charge in [0.05, 0.1) is 23.1 Å². The topological polar surface area (TPSA) is 79.9 Å².